The number of nitrogens with one attached hydrogen (secondary N) is 1. The molecule has 7 heteroatoms. The molecule has 0 spiro atoms. The van der Waals surface area contributed by atoms with Crippen LogP contribution in [0.25, 0.3) is 0 Å². The fourth-order valence-corrected chi connectivity index (χ4v) is 3.59. The van der Waals surface area contributed by atoms with Gasteiger partial charge in [-0.15, -0.1) is 0 Å². The van der Waals surface area contributed by atoms with Crippen LogP contribution in [-0.4, -0.2) is 29.3 Å². The minimum Gasteiger partial charge on any atom is -0.354 e. The van der Waals surface area contributed by atoms with Crippen molar-refractivity contribution in [1.29, 1.82) is 0 Å². The van der Waals surface area contributed by atoms with E-state index in [4.69, 9.17) is 34.8 Å². The molecule has 0 heterocycles. The normalized spacial score (nSPS) is 11.8. The third-order valence-electron chi connectivity index (χ3n) is 4.90. The van der Waals surface area contributed by atoms with Gasteiger partial charge in [-0.1, -0.05) is 72.4 Å². The second-order valence-corrected chi connectivity index (χ2v) is 8.40. The van der Waals surface area contributed by atoms with Crippen LogP contribution in [0.15, 0.2) is 42.5 Å². The van der Waals surface area contributed by atoms with Crippen molar-refractivity contribution in [3.8, 4) is 0 Å². The first-order valence-electron chi connectivity index (χ1n) is 10.1. The van der Waals surface area contributed by atoms with Crippen LogP contribution in [0, 0.1) is 0 Å². The highest BCUT2D eigenvalue weighted by molar-refractivity contribution is 6.42. The molecule has 0 aliphatic heterocycles. The summed E-state index contributed by atoms with van der Waals surface area (Å²) < 4.78 is 0. The number of halogens is 3. The number of amides is 2. The summed E-state index contributed by atoms with van der Waals surface area (Å²) in [4.78, 5) is 27.3. The largest absolute Gasteiger partial charge is 0.354 e. The fourth-order valence-electron chi connectivity index (χ4n) is 3.04. The Morgan fingerprint density at radius 2 is 1.77 bits per heavy atom. The first kappa shape index (κ1) is 24.5. The Kier molecular flexibility index (Phi) is 9.96. The molecule has 30 heavy (non-hydrogen) atoms. The number of benzene rings is 2. The number of nitrogens with zero attached hydrogens (tertiary/aromatic N) is 1. The average molecular weight is 470 g/mol. The number of carbonyl (C=O) groups excluding carboxylic acids is 2. The van der Waals surface area contributed by atoms with Gasteiger partial charge >= 0.3 is 0 Å². The van der Waals surface area contributed by atoms with Gasteiger partial charge in [0, 0.05) is 24.5 Å². The predicted molar refractivity (Wildman–Crippen MR) is 124 cm³/mol. The maximum absolute atomic E-state index is 13.1. The Morgan fingerprint density at radius 1 is 1.03 bits per heavy atom. The van der Waals surface area contributed by atoms with Gasteiger partial charge in [-0.3, -0.25) is 9.59 Å². The molecule has 4 nitrogen and oxygen atoms in total. The van der Waals surface area contributed by atoms with Crippen molar-refractivity contribution in [2.45, 2.75) is 52.1 Å². The van der Waals surface area contributed by atoms with Crippen molar-refractivity contribution >= 4 is 46.6 Å². The standard InChI is InChI=1S/C23H27Cl3N2O2/c1-3-4-13-27-23(30)16(2)28(15-17-9-11-20(25)21(26)14-17)22(29)12-10-18-7-5-6-8-19(18)24/h5-9,11,14,16H,3-4,10,12-13,15H2,1-2H3,(H,27,30). The number of rotatable bonds is 10. The molecule has 1 atom stereocenters. The van der Waals surface area contributed by atoms with Gasteiger partial charge in [0.15, 0.2) is 0 Å². The summed E-state index contributed by atoms with van der Waals surface area (Å²) in [5.41, 5.74) is 1.71. The number of aryl methyl sites for hydroxylation is 1. The van der Waals surface area contributed by atoms with E-state index in [1.807, 2.05) is 24.3 Å². The smallest absolute Gasteiger partial charge is 0.242 e. The Balaban J connectivity index is 2.15. The lowest BCUT2D eigenvalue weighted by Crippen LogP contribution is -2.47. The van der Waals surface area contributed by atoms with E-state index in [9.17, 15) is 9.59 Å². The molecule has 1 unspecified atom stereocenters. The van der Waals surface area contributed by atoms with Gasteiger partial charge in [0.1, 0.15) is 6.04 Å². The molecule has 0 aromatic heterocycles. The zero-order chi connectivity index (χ0) is 22.1. The van der Waals surface area contributed by atoms with Crippen molar-refractivity contribution < 1.29 is 9.59 Å². The lowest BCUT2D eigenvalue weighted by atomic mass is 10.1. The Hall–Kier alpha value is -1.75. The molecule has 0 aliphatic rings. The van der Waals surface area contributed by atoms with Crippen LogP contribution in [0.1, 0.15) is 44.2 Å². The summed E-state index contributed by atoms with van der Waals surface area (Å²) in [5, 5.41) is 4.40. The first-order chi connectivity index (χ1) is 14.3. The summed E-state index contributed by atoms with van der Waals surface area (Å²) in [6, 6.07) is 12.1. The molecule has 2 rings (SSSR count). The van der Waals surface area contributed by atoms with E-state index in [2.05, 4.69) is 12.2 Å². The van der Waals surface area contributed by atoms with Gasteiger partial charge in [0.2, 0.25) is 11.8 Å². The number of hydrogen-bond acceptors (Lipinski definition) is 2. The molecule has 2 aromatic rings. The Bertz CT molecular complexity index is 873. The van der Waals surface area contributed by atoms with Crippen molar-refractivity contribution in [3.05, 3.63) is 68.7 Å². The maximum Gasteiger partial charge on any atom is 0.242 e. The average Bonchev–Trinajstić information content (AvgIpc) is 2.73. The van der Waals surface area contributed by atoms with Crippen LogP contribution in [0.4, 0.5) is 0 Å². The van der Waals surface area contributed by atoms with Crippen LogP contribution >= 0.6 is 34.8 Å². The van der Waals surface area contributed by atoms with E-state index in [0.717, 1.165) is 24.0 Å². The van der Waals surface area contributed by atoms with E-state index < -0.39 is 6.04 Å². The molecular formula is C23H27Cl3N2O2. The van der Waals surface area contributed by atoms with Gasteiger partial charge in [-0.05, 0) is 49.1 Å². The predicted octanol–water partition coefficient (Wildman–Crippen LogP) is 5.91. The molecule has 162 valence electrons. The van der Waals surface area contributed by atoms with Gasteiger partial charge in [0.25, 0.3) is 0 Å². The Labute approximate surface area is 193 Å². The number of carbonyl (C=O) groups is 2. The zero-order valence-electron chi connectivity index (χ0n) is 17.3. The van der Waals surface area contributed by atoms with Gasteiger partial charge in [-0.2, -0.15) is 0 Å². The van der Waals surface area contributed by atoms with E-state index in [0.29, 0.717) is 28.0 Å². The SMILES string of the molecule is CCCCNC(=O)C(C)N(Cc1ccc(Cl)c(Cl)c1)C(=O)CCc1ccccc1Cl. The minimum absolute atomic E-state index is 0.126. The fraction of sp³-hybridized carbons (Fsp3) is 0.391. The molecule has 0 saturated carbocycles. The van der Waals surface area contributed by atoms with E-state index in [1.54, 1.807) is 30.0 Å². The van der Waals surface area contributed by atoms with Crippen LogP contribution in [-0.2, 0) is 22.6 Å². The summed E-state index contributed by atoms with van der Waals surface area (Å²) in [6.07, 6.45) is 2.63. The molecule has 0 saturated heterocycles. The second kappa shape index (κ2) is 12.2. The number of hydrogen-bond donors (Lipinski definition) is 1. The zero-order valence-corrected chi connectivity index (χ0v) is 19.5. The van der Waals surface area contributed by atoms with Crippen LogP contribution in [0.3, 0.4) is 0 Å². The topological polar surface area (TPSA) is 49.4 Å². The summed E-state index contributed by atoms with van der Waals surface area (Å²) >= 11 is 18.4. The molecular weight excluding hydrogens is 443 g/mol. The lowest BCUT2D eigenvalue weighted by Gasteiger charge is -2.29. The number of unbranched alkanes of at least 4 members (excludes halogenated alkanes) is 1. The van der Waals surface area contributed by atoms with Gasteiger partial charge < -0.3 is 10.2 Å². The van der Waals surface area contributed by atoms with E-state index in [-0.39, 0.29) is 24.8 Å². The van der Waals surface area contributed by atoms with Crippen molar-refractivity contribution in [3.63, 3.8) is 0 Å². The lowest BCUT2D eigenvalue weighted by molar-refractivity contribution is -0.140. The van der Waals surface area contributed by atoms with Crippen molar-refractivity contribution in [2.75, 3.05) is 6.54 Å². The maximum atomic E-state index is 13.1. The molecule has 2 aromatic carbocycles. The van der Waals surface area contributed by atoms with Crippen molar-refractivity contribution in [1.82, 2.24) is 10.2 Å². The van der Waals surface area contributed by atoms with Crippen LogP contribution < -0.4 is 5.32 Å². The third kappa shape index (κ3) is 7.19. The molecule has 0 bridgehead atoms. The molecule has 2 amide bonds. The molecule has 0 radical (unpaired) electrons. The van der Waals surface area contributed by atoms with Crippen LogP contribution in [0.2, 0.25) is 15.1 Å². The molecule has 0 fully saturated rings. The second-order valence-electron chi connectivity index (χ2n) is 7.18. The van der Waals surface area contributed by atoms with Gasteiger partial charge in [-0.25, -0.2) is 0 Å². The summed E-state index contributed by atoms with van der Waals surface area (Å²) in [7, 11) is 0. The highest BCUT2D eigenvalue weighted by atomic mass is 35.5. The van der Waals surface area contributed by atoms with Crippen molar-refractivity contribution in [2.24, 2.45) is 0 Å². The first-order valence-corrected chi connectivity index (χ1v) is 11.2. The molecule has 0 aliphatic carbocycles. The van der Waals surface area contributed by atoms with E-state index >= 15 is 0 Å². The van der Waals surface area contributed by atoms with Crippen LogP contribution in [0.5, 0.6) is 0 Å². The highest BCUT2D eigenvalue weighted by Crippen LogP contribution is 2.24. The summed E-state index contributed by atoms with van der Waals surface area (Å²) in [5.74, 6) is -0.297. The Morgan fingerprint density at radius 3 is 2.43 bits per heavy atom. The quantitative estimate of drug-likeness (QED) is 0.440. The molecule has 1 N–H and O–H groups in total. The van der Waals surface area contributed by atoms with Gasteiger partial charge in [0.05, 0.1) is 10.0 Å². The minimum atomic E-state index is -0.616. The monoisotopic (exact) mass is 468 g/mol. The summed E-state index contributed by atoms with van der Waals surface area (Å²) in [6.45, 7) is 4.66. The van der Waals surface area contributed by atoms with E-state index in [1.165, 1.54) is 0 Å². The third-order valence-corrected chi connectivity index (χ3v) is 6.01. The highest BCUT2D eigenvalue weighted by Gasteiger charge is 2.26.